The average Bonchev–Trinajstić information content (AvgIpc) is 2.40. The zero-order valence-corrected chi connectivity index (χ0v) is 10.9. The van der Waals surface area contributed by atoms with E-state index in [-0.39, 0.29) is 0 Å². The highest BCUT2D eigenvalue weighted by Crippen LogP contribution is 2.27. The van der Waals surface area contributed by atoms with E-state index in [4.69, 9.17) is 0 Å². The van der Waals surface area contributed by atoms with E-state index in [1.54, 1.807) is 0 Å². The van der Waals surface area contributed by atoms with Crippen LogP contribution in [0.2, 0.25) is 0 Å². The second-order valence-corrected chi connectivity index (χ2v) is 4.90. The van der Waals surface area contributed by atoms with Crippen LogP contribution < -0.4 is 10.6 Å². The first-order chi connectivity index (χ1) is 8.31. The van der Waals surface area contributed by atoms with Crippen molar-refractivity contribution < 1.29 is 0 Å². The van der Waals surface area contributed by atoms with Crippen molar-refractivity contribution in [1.29, 1.82) is 0 Å². The Hall–Kier alpha value is -1.09. The van der Waals surface area contributed by atoms with Crippen LogP contribution in [0.15, 0.2) is 18.3 Å². The molecule has 0 bridgehead atoms. The van der Waals surface area contributed by atoms with Gasteiger partial charge in [0.25, 0.3) is 0 Å². The predicted octanol–water partition coefficient (Wildman–Crippen LogP) is 3.11. The summed E-state index contributed by atoms with van der Waals surface area (Å²) in [7, 11) is 0. The van der Waals surface area contributed by atoms with Gasteiger partial charge >= 0.3 is 0 Å². The highest BCUT2D eigenvalue weighted by atomic mass is 15.0. The molecule has 1 aliphatic rings. The molecule has 0 saturated carbocycles. The van der Waals surface area contributed by atoms with E-state index >= 15 is 0 Å². The van der Waals surface area contributed by atoms with Crippen molar-refractivity contribution >= 4 is 5.82 Å². The van der Waals surface area contributed by atoms with Gasteiger partial charge < -0.3 is 10.6 Å². The molecule has 3 nitrogen and oxygen atoms in total. The molecule has 1 aliphatic heterocycles. The monoisotopic (exact) mass is 233 g/mol. The third-order valence-electron chi connectivity index (χ3n) is 3.52. The summed E-state index contributed by atoms with van der Waals surface area (Å²) in [4.78, 5) is 4.49. The van der Waals surface area contributed by atoms with Gasteiger partial charge in [-0.2, -0.15) is 0 Å². The van der Waals surface area contributed by atoms with Gasteiger partial charge in [-0.05, 0) is 38.8 Å². The predicted molar refractivity (Wildman–Crippen MR) is 72.2 cm³/mol. The Morgan fingerprint density at radius 1 is 1.53 bits per heavy atom. The van der Waals surface area contributed by atoms with Crippen molar-refractivity contribution in [3.8, 4) is 0 Å². The Morgan fingerprint density at radius 3 is 3.12 bits per heavy atom. The number of nitrogens with one attached hydrogen (secondary N) is 2. The van der Waals surface area contributed by atoms with E-state index < -0.39 is 0 Å². The molecule has 1 saturated heterocycles. The van der Waals surface area contributed by atoms with Crippen molar-refractivity contribution in [1.82, 2.24) is 10.3 Å². The minimum atomic E-state index is 0.476. The fourth-order valence-corrected chi connectivity index (χ4v) is 2.27. The molecule has 0 aromatic carbocycles. The van der Waals surface area contributed by atoms with Crippen molar-refractivity contribution in [2.75, 3.05) is 11.9 Å². The molecule has 1 aromatic heterocycles. The van der Waals surface area contributed by atoms with E-state index in [1.165, 1.54) is 24.8 Å². The maximum atomic E-state index is 4.49. The maximum absolute atomic E-state index is 4.49. The lowest BCUT2D eigenvalue weighted by atomic mass is 9.98. The van der Waals surface area contributed by atoms with E-state index in [2.05, 4.69) is 35.5 Å². The lowest BCUT2D eigenvalue weighted by molar-refractivity contribution is 0.412. The standard InChI is InChI=1S/C14H23N3/c1-3-11(2)17-14-12(7-6-10-16-14)13-8-4-5-9-15-13/h6-7,10-11,13,15H,3-5,8-9H2,1-2H3,(H,16,17). The van der Waals surface area contributed by atoms with Gasteiger partial charge in [-0.25, -0.2) is 4.98 Å². The summed E-state index contributed by atoms with van der Waals surface area (Å²) >= 11 is 0. The average molecular weight is 233 g/mol. The molecule has 94 valence electrons. The zero-order chi connectivity index (χ0) is 12.1. The molecular weight excluding hydrogens is 210 g/mol. The van der Waals surface area contributed by atoms with Crippen molar-refractivity contribution in [3.05, 3.63) is 23.9 Å². The van der Waals surface area contributed by atoms with Crippen molar-refractivity contribution in [3.63, 3.8) is 0 Å². The number of aromatic nitrogens is 1. The van der Waals surface area contributed by atoms with Gasteiger partial charge in [0.15, 0.2) is 0 Å². The normalized spacial score (nSPS) is 22.1. The molecule has 2 unspecified atom stereocenters. The third-order valence-corrected chi connectivity index (χ3v) is 3.52. The lowest BCUT2D eigenvalue weighted by Gasteiger charge is -2.26. The zero-order valence-electron chi connectivity index (χ0n) is 10.9. The smallest absolute Gasteiger partial charge is 0.130 e. The minimum absolute atomic E-state index is 0.476. The summed E-state index contributed by atoms with van der Waals surface area (Å²) in [6.07, 6.45) is 6.83. The van der Waals surface area contributed by atoms with Crippen LogP contribution in [0.3, 0.4) is 0 Å². The lowest BCUT2D eigenvalue weighted by Crippen LogP contribution is -2.28. The Labute approximate surface area is 104 Å². The number of hydrogen-bond acceptors (Lipinski definition) is 3. The van der Waals surface area contributed by atoms with Crippen molar-refractivity contribution in [2.45, 2.75) is 51.6 Å². The summed E-state index contributed by atoms with van der Waals surface area (Å²) in [5.41, 5.74) is 1.33. The van der Waals surface area contributed by atoms with Gasteiger partial charge in [-0.15, -0.1) is 0 Å². The van der Waals surface area contributed by atoms with Crippen molar-refractivity contribution in [2.24, 2.45) is 0 Å². The van der Waals surface area contributed by atoms with Crippen LogP contribution in [0.25, 0.3) is 0 Å². The Bertz CT molecular complexity index is 345. The van der Waals surface area contributed by atoms with E-state index in [9.17, 15) is 0 Å². The number of pyridine rings is 1. The van der Waals surface area contributed by atoms with Gasteiger partial charge in [-0.3, -0.25) is 0 Å². The van der Waals surface area contributed by atoms with Crippen LogP contribution in [0.5, 0.6) is 0 Å². The second-order valence-electron chi connectivity index (χ2n) is 4.90. The van der Waals surface area contributed by atoms with Gasteiger partial charge in [0.1, 0.15) is 5.82 Å². The quantitative estimate of drug-likeness (QED) is 0.839. The van der Waals surface area contributed by atoms with E-state index in [1.807, 2.05) is 12.3 Å². The van der Waals surface area contributed by atoms with E-state index in [0.717, 1.165) is 18.8 Å². The van der Waals surface area contributed by atoms with Crippen LogP contribution in [-0.4, -0.2) is 17.6 Å². The maximum Gasteiger partial charge on any atom is 0.130 e. The van der Waals surface area contributed by atoms with Crippen LogP contribution in [-0.2, 0) is 0 Å². The molecular formula is C14H23N3. The Morgan fingerprint density at radius 2 is 2.41 bits per heavy atom. The number of anilines is 1. The molecule has 0 amide bonds. The fraction of sp³-hybridized carbons (Fsp3) is 0.643. The number of rotatable bonds is 4. The van der Waals surface area contributed by atoms with Gasteiger partial charge in [-0.1, -0.05) is 19.4 Å². The molecule has 1 fully saturated rings. The molecule has 0 radical (unpaired) electrons. The second kappa shape index (κ2) is 6.01. The van der Waals surface area contributed by atoms with Gasteiger partial charge in [0.2, 0.25) is 0 Å². The largest absolute Gasteiger partial charge is 0.367 e. The number of piperidine rings is 1. The molecule has 2 rings (SSSR count). The SMILES string of the molecule is CCC(C)Nc1ncccc1C1CCCCN1. The van der Waals surface area contributed by atoms with Crippen LogP contribution in [0, 0.1) is 0 Å². The molecule has 0 spiro atoms. The summed E-state index contributed by atoms with van der Waals surface area (Å²) in [5, 5.41) is 7.09. The molecule has 17 heavy (non-hydrogen) atoms. The molecule has 2 N–H and O–H groups in total. The Balaban J connectivity index is 2.14. The van der Waals surface area contributed by atoms with Crippen LogP contribution in [0.1, 0.15) is 51.1 Å². The summed E-state index contributed by atoms with van der Waals surface area (Å²) < 4.78 is 0. The molecule has 2 heterocycles. The van der Waals surface area contributed by atoms with Gasteiger partial charge in [0.05, 0.1) is 0 Å². The minimum Gasteiger partial charge on any atom is -0.367 e. The van der Waals surface area contributed by atoms with Crippen LogP contribution >= 0.6 is 0 Å². The molecule has 3 heteroatoms. The van der Waals surface area contributed by atoms with Gasteiger partial charge in [0, 0.05) is 23.8 Å². The number of nitrogens with zero attached hydrogens (tertiary/aromatic N) is 1. The molecule has 1 aromatic rings. The Kier molecular flexibility index (Phi) is 4.37. The third kappa shape index (κ3) is 3.19. The summed E-state index contributed by atoms with van der Waals surface area (Å²) in [6, 6.07) is 5.19. The fourth-order valence-electron chi connectivity index (χ4n) is 2.27. The first-order valence-corrected chi connectivity index (χ1v) is 6.76. The summed E-state index contributed by atoms with van der Waals surface area (Å²) in [5.74, 6) is 1.06. The molecule has 2 atom stereocenters. The highest BCUT2D eigenvalue weighted by molar-refractivity contribution is 5.46. The van der Waals surface area contributed by atoms with Crippen LogP contribution in [0.4, 0.5) is 5.82 Å². The highest BCUT2D eigenvalue weighted by Gasteiger charge is 2.18. The van der Waals surface area contributed by atoms with E-state index in [0.29, 0.717) is 12.1 Å². The first-order valence-electron chi connectivity index (χ1n) is 6.76. The summed E-state index contributed by atoms with van der Waals surface area (Å²) in [6.45, 7) is 5.52. The topological polar surface area (TPSA) is 37.0 Å². The number of hydrogen-bond donors (Lipinski definition) is 2. The molecule has 0 aliphatic carbocycles. The first kappa shape index (κ1) is 12.4.